The molecule has 1 heterocycles. The molecule has 1 aromatic carbocycles. The topological polar surface area (TPSA) is 125 Å². The van der Waals surface area contributed by atoms with Crippen molar-refractivity contribution >= 4 is 37.7 Å². The highest BCUT2D eigenvalue weighted by molar-refractivity contribution is 7.92. The van der Waals surface area contributed by atoms with Crippen LogP contribution in [0.4, 0.5) is 10.5 Å². The van der Waals surface area contributed by atoms with Gasteiger partial charge >= 0.3 is 6.09 Å². The van der Waals surface area contributed by atoms with Crippen molar-refractivity contribution in [2.45, 2.75) is 11.8 Å². The van der Waals surface area contributed by atoms with E-state index < -0.39 is 38.6 Å². The maximum Gasteiger partial charge on any atom is 0.409 e. The summed E-state index contributed by atoms with van der Waals surface area (Å²) < 4.78 is 56.0. The molecule has 1 saturated heterocycles. The Hall–Kier alpha value is -2.38. The van der Waals surface area contributed by atoms with Crippen molar-refractivity contribution in [3.05, 3.63) is 24.3 Å². The smallest absolute Gasteiger partial charge is 0.409 e. The van der Waals surface area contributed by atoms with Gasteiger partial charge in [-0.25, -0.2) is 25.9 Å². The van der Waals surface area contributed by atoms with Crippen LogP contribution >= 0.6 is 0 Å². The number of hydrogen-bond acceptors (Lipinski definition) is 7. The number of rotatable bonds is 7. The molecule has 11 nitrogen and oxygen atoms in total. The summed E-state index contributed by atoms with van der Waals surface area (Å²) in [5, 5.41) is 0. The van der Waals surface area contributed by atoms with Gasteiger partial charge in [-0.3, -0.25) is 9.10 Å². The molecule has 2 rings (SSSR count). The summed E-state index contributed by atoms with van der Waals surface area (Å²) in [4.78, 5) is 27.5. The Morgan fingerprint density at radius 2 is 1.48 bits per heavy atom. The van der Waals surface area contributed by atoms with Crippen LogP contribution in [-0.2, 0) is 29.6 Å². The highest BCUT2D eigenvalue weighted by Gasteiger charge is 2.28. The average Bonchev–Trinajstić information content (AvgIpc) is 2.71. The number of anilines is 1. The van der Waals surface area contributed by atoms with E-state index in [0.29, 0.717) is 13.1 Å². The third kappa shape index (κ3) is 6.08. The van der Waals surface area contributed by atoms with E-state index >= 15 is 0 Å². The van der Waals surface area contributed by atoms with Gasteiger partial charge < -0.3 is 14.5 Å². The number of sulfonamides is 2. The van der Waals surface area contributed by atoms with Crippen molar-refractivity contribution in [1.29, 1.82) is 0 Å². The van der Waals surface area contributed by atoms with Crippen LogP contribution in [0.5, 0.6) is 0 Å². The maximum absolute atomic E-state index is 12.7. The molecule has 1 aliphatic heterocycles. The third-order valence-electron chi connectivity index (χ3n) is 4.74. The fraction of sp³-hybridized carbons (Fsp3) is 0.556. The molecule has 0 aliphatic carbocycles. The van der Waals surface area contributed by atoms with Crippen LogP contribution in [0.2, 0.25) is 0 Å². The monoisotopic (exact) mass is 476 g/mol. The molecule has 0 unspecified atom stereocenters. The van der Waals surface area contributed by atoms with E-state index in [1.54, 1.807) is 6.92 Å². The summed E-state index contributed by atoms with van der Waals surface area (Å²) >= 11 is 0. The number of nitrogens with zero attached hydrogens (tertiary/aromatic N) is 4. The van der Waals surface area contributed by atoms with Gasteiger partial charge in [0.25, 0.3) is 0 Å². The van der Waals surface area contributed by atoms with Gasteiger partial charge in [-0.1, -0.05) is 0 Å². The molecule has 0 spiro atoms. The Labute approximate surface area is 183 Å². The SMILES string of the molecule is CCOC(=O)N1CCN(C(=O)CN(c2ccc(S(=O)(=O)N(C)C)cc2)S(C)(=O)=O)CC1. The molecule has 0 atom stereocenters. The van der Waals surface area contributed by atoms with Crippen LogP contribution in [0.1, 0.15) is 6.92 Å². The van der Waals surface area contributed by atoms with Crippen LogP contribution in [0.25, 0.3) is 0 Å². The minimum absolute atomic E-state index is 0.0103. The average molecular weight is 477 g/mol. The molecule has 0 bridgehead atoms. The molecular formula is C18H28N4O7S2. The van der Waals surface area contributed by atoms with Crippen molar-refractivity contribution in [2.75, 3.05) is 64.0 Å². The zero-order chi connectivity index (χ0) is 23.4. The number of hydrogen-bond donors (Lipinski definition) is 0. The van der Waals surface area contributed by atoms with Crippen molar-refractivity contribution in [2.24, 2.45) is 0 Å². The van der Waals surface area contributed by atoms with Gasteiger partial charge in [0.2, 0.25) is 26.0 Å². The lowest BCUT2D eigenvalue weighted by Gasteiger charge is -2.35. The molecule has 174 valence electrons. The van der Waals surface area contributed by atoms with Crippen LogP contribution < -0.4 is 4.31 Å². The van der Waals surface area contributed by atoms with Crippen molar-refractivity contribution in [1.82, 2.24) is 14.1 Å². The standard InChI is InChI=1S/C18H28N4O7S2/c1-5-29-18(24)21-12-10-20(11-13-21)17(23)14-22(30(4,25)26)15-6-8-16(9-7-15)31(27,28)19(2)3/h6-9H,5,10-14H2,1-4H3. The largest absolute Gasteiger partial charge is 0.450 e. The zero-order valence-corrected chi connectivity index (χ0v) is 19.6. The summed E-state index contributed by atoms with van der Waals surface area (Å²) in [6.07, 6.45) is 0.531. The quantitative estimate of drug-likeness (QED) is 0.543. The van der Waals surface area contributed by atoms with E-state index in [0.717, 1.165) is 14.9 Å². The van der Waals surface area contributed by atoms with Gasteiger partial charge in [0.1, 0.15) is 6.54 Å². The van der Waals surface area contributed by atoms with Gasteiger partial charge in [-0.05, 0) is 31.2 Å². The molecule has 1 aromatic rings. The number of benzene rings is 1. The van der Waals surface area contributed by atoms with Crippen molar-refractivity contribution in [3.8, 4) is 0 Å². The van der Waals surface area contributed by atoms with E-state index in [4.69, 9.17) is 4.74 Å². The number of amides is 2. The molecule has 2 amide bonds. The first-order chi connectivity index (χ1) is 14.4. The predicted molar refractivity (Wildman–Crippen MR) is 115 cm³/mol. The number of carbonyl (C=O) groups excluding carboxylic acids is 2. The molecular weight excluding hydrogens is 448 g/mol. The molecule has 0 aromatic heterocycles. The van der Waals surface area contributed by atoms with Gasteiger partial charge in [0.05, 0.1) is 23.4 Å². The third-order valence-corrected chi connectivity index (χ3v) is 7.71. The summed E-state index contributed by atoms with van der Waals surface area (Å²) in [7, 11) is -4.68. The number of ether oxygens (including phenoxy) is 1. The first-order valence-corrected chi connectivity index (χ1v) is 12.9. The second-order valence-corrected chi connectivity index (χ2v) is 11.2. The summed E-state index contributed by atoms with van der Waals surface area (Å²) in [5.41, 5.74) is 0.179. The van der Waals surface area contributed by atoms with Gasteiger partial charge in [-0.2, -0.15) is 0 Å². The van der Waals surface area contributed by atoms with Gasteiger partial charge in [-0.15, -0.1) is 0 Å². The van der Waals surface area contributed by atoms with Crippen LogP contribution in [0, 0.1) is 0 Å². The van der Waals surface area contributed by atoms with Gasteiger partial charge in [0.15, 0.2) is 0 Å². The maximum atomic E-state index is 12.7. The Kier molecular flexibility index (Phi) is 7.89. The molecule has 1 fully saturated rings. The van der Waals surface area contributed by atoms with Crippen LogP contribution in [0.3, 0.4) is 0 Å². The molecule has 1 aliphatic rings. The van der Waals surface area contributed by atoms with E-state index in [-0.39, 0.29) is 30.3 Å². The van der Waals surface area contributed by atoms with Crippen LogP contribution in [-0.4, -0.2) is 103 Å². The molecule has 0 radical (unpaired) electrons. The van der Waals surface area contributed by atoms with E-state index in [2.05, 4.69) is 0 Å². The van der Waals surface area contributed by atoms with Crippen molar-refractivity contribution in [3.63, 3.8) is 0 Å². The first-order valence-electron chi connectivity index (χ1n) is 9.57. The first kappa shape index (κ1) is 24.9. The Morgan fingerprint density at radius 3 is 1.94 bits per heavy atom. The normalized spacial score (nSPS) is 15.1. The lowest BCUT2D eigenvalue weighted by molar-refractivity contribution is -0.131. The molecule has 13 heteroatoms. The zero-order valence-electron chi connectivity index (χ0n) is 18.0. The van der Waals surface area contributed by atoms with E-state index in [1.165, 1.54) is 48.2 Å². The van der Waals surface area contributed by atoms with Gasteiger partial charge in [0, 0.05) is 40.3 Å². The Bertz CT molecular complexity index is 1000. The second kappa shape index (κ2) is 9.83. The lowest BCUT2D eigenvalue weighted by Crippen LogP contribution is -2.53. The number of carbonyl (C=O) groups is 2. The highest BCUT2D eigenvalue weighted by Crippen LogP contribution is 2.22. The number of piperazine rings is 1. The summed E-state index contributed by atoms with van der Waals surface area (Å²) in [6.45, 7) is 2.64. The van der Waals surface area contributed by atoms with E-state index in [1.807, 2.05) is 0 Å². The Balaban J connectivity index is 2.13. The Morgan fingerprint density at radius 1 is 0.968 bits per heavy atom. The highest BCUT2D eigenvalue weighted by atomic mass is 32.2. The second-order valence-electron chi connectivity index (χ2n) is 7.12. The van der Waals surface area contributed by atoms with E-state index in [9.17, 15) is 26.4 Å². The molecule has 31 heavy (non-hydrogen) atoms. The van der Waals surface area contributed by atoms with Crippen LogP contribution in [0.15, 0.2) is 29.2 Å². The predicted octanol–water partition coefficient (Wildman–Crippen LogP) is 0.00360. The minimum Gasteiger partial charge on any atom is -0.450 e. The fourth-order valence-electron chi connectivity index (χ4n) is 2.97. The fourth-order valence-corrected chi connectivity index (χ4v) is 4.72. The van der Waals surface area contributed by atoms with Crippen molar-refractivity contribution < 1.29 is 31.2 Å². The minimum atomic E-state index is -3.81. The summed E-state index contributed by atoms with van der Waals surface area (Å²) in [6, 6.07) is 5.30. The lowest BCUT2D eigenvalue weighted by atomic mass is 10.3. The molecule has 0 N–H and O–H groups in total. The summed E-state index contributed by atoms with van der Waals surface area (Å²) in [5.74, 6) is -0.418. The molecule has 0 saturated carbocycles.